The largest absolute Gasteiger partial charge is 0.497 e. The first-order valence-electron chi connectivity index (χ1n) is 11.7. The third kappa shape index (κ3) is 7.92. The molecule has 0 radical (unpaired) electrons. The summed E-state index contributed by atoms with van der Waals surface area (Å²) < 4.78 is 70.2. The van der Waals surface area contributed by atoms with Gasteiger partial charge in [0.05, 0.1) is 18.1 Å². The van der Waals surface area contributed by atoms with Crippen molar-refractivity contribution >= 4 is 52.1 Å². The van der Waals surface area contributed by atoms with Gasteiger partial charge in [-0.05, 0) is 77.9 Å². The molecule has 0 saturated carbocycles. The number of benzene rings is 4. The highest BCUT2D eigenvalue weighted by Gasteiger charge is 2.25. The van der Waals surface area contributed by atoms with Crippen LogP contribution in [0.3, 0.4) is 0 Å². The third-order valence-electron chi connectivity index (χ3n) is 5.71. The van der Waals surface area contributed by atoms with Crippen LogP contribution in [0, 0.1) is 0 Å². The first kappa shape index (κ1) is 29.3. The van der Waals surface area contributed by atoms with Gasteiger partial charge in [-0.15, -0.1) is 0 Å². The number of para-hydroxylation sites is 1. The fraction of sp³-hybridized carbons (Fsp3) is 0.143. The number of methoxy groups -OCH3 is 1. The van der Waals surface area contributed by atoms with Gasteiger partial charge in [0.1, 0.15) is 16.4 Å². The highest BCUT2D eigenvalue weighted by Crippen LogP contribution is 2.28. The van der Waals surface area contributed by atoms with E-state index >= 15 is 0 Å². The minimum atomic E-state index is -4.14. The van der Waals surface area contributed by atoms with E-state index < -0.39 is 26.3 Å². The van der Waals surface area contributed by atoms with Gasteiger partial charge >= 0.3 is 10.1 Å². The van der Waals surface area contributed by atoms with E-state index in [4.69, 9.17) is 13.1 Å². The standard InChI is InChI=1S/C28H24Br2O7S2/c1-35-24-12-6-20(7-13-24)18-25(36-38(31,32)26-14-8-22(29)9-15-26)19-21-4-2-3-5-28(21)37-39(33,34)27-16-10-23(30)11-17-27/h2-17,25H,18-19H2,1H3. The van der Waals surface area contributed by atoms with Crippen molar-refractivity contribution in [1.82, 2.24) is 0 Å². The lowest BCUT2D eigenvalue weighted by molar-refractivity contribution is 0.209. The Morgan fingerprint density at radius 3 is 1.77 bits per heavy atom. The molecule has 204 valence electrons. The van der Waals surface area contributed by atoms with Crippen molar-refractivity contribution < 1.29 is 29.9 Å². The molecule has 4 rings (SSSR count). The minimum Gasteiger partial charge on any atom is -0.497 e. The number of hydrogen-bond donors (Lipinski definition) is 0. The van der Waals surface area contributed by atoms with E-state index in [2.05, 4.69) is 31.9 Å². The predicted octanol–water partition coefficient (Wildman–Crippen LogP) is 6.55. The second-order valence-electron chi connectivity index (χ2n) is 8.48. The van der Waals surface area contributed by atoms with Crippen LogP contribution in [0.2, 0.25) is 0 Å². The lowest BCUT2D eigenvalue weighted by atomic mass is 10.0. The molecule has 0 aliphatic heterocycles. The van der Waals surface area contributed by atoms with E-state index in [1.165, 1.54) is 30.3 Å². The molecule has 4 aromatic rings. The Hall–Kier alpha value is -2.70. The van der Waals surface area contributed by atoms with Crippen LogP contribution in [0.1, 0.15) is 11.1 Å². The normalized spacial score (nSPS) is 12.6. The van der Waals surface area contributed by atoms with Gasteiger partial charge in [0, 0.05) is 21.8 Å². The SMILES string of the molecule is COc1ccc(CC(Cc2ccccc2OS(=O)(=O)c2ccc(Br)cc2)OS(=O)(=O)c2ccc(Br)cc2)cc1. The van der Waals surface area contributed by atoms with Crippen molar-refractivity contribution in [3.63, 3.8) is 0 Å². The summed E-state index contributed by atoms with van der Waals surface area (Å²) in [6.07, 6.45) is -0.575. The summed E-state index contributed by atoms with van der Waals surface area (Å²) >= 11 is 6.59. The molecule has 0 N–H and O–H groups in total. The average Bonchev–Trinajstić information content (AvgIpc) is 2.90. The maximum Gasteiger partial charge on any atom is 0.339 e. The van der Waals surface area contributed by atoms with E-state index in [-0.39, 0.29) is 28.4 Å². The van der Waals surface area contributed by atoms with Crippen LogP contribution < -0.4 is 8.92 Å². The van der Waals surface area contributed by atoms with Crippen molar-refractivity contribution in [2.75, 3.05) is 7.11 Å². The van der Waals surface area contributed by atoms with E-state index in [0.717, 1.165) is 14.5 Å². The molecular formula is C28H24Br2O7S2. The van der Waals surface area contributed by atoms with Crippen molar-refractivity contribution in [3.8, 4) is 11.5 Å². The number of halogens is 2. The Bertz CT molecular complexity index is 1620. The molecule has 0 aromatic heterocycles. The molecule has 0 bridgehead atoms. The molecule has 1 atom stereocenters. The molecular weight excluding hydrogens is 672 g/mol. The van der Waals surface area contributed by atoms with Gasteiger partial charge in [-0.3, -0.25) is 4.18 Å². The molecule has 0 heterocycles. The van der Waals surface area contributed by atoms with Crippen LogP contribution >= 0.6 is 31.9 Å². The summed E-state index contributed by atoms with van der Waals surface area (Å²) in [4.78, 5) is -0.00265. The zero-order valence-corrected chi connectivity index (χ0v) is 25.5. The van der Waals surface area contributed by atoms with Gasteiger partial charge in [-0.25, -0.2) is 0 Å². The molecule has 0 amide bonds. The summed E-state index contributed by atoms with van der Waals surface area (Å²) in [5.74, 6) is 0.750. The molecule has 7 nitrogen and oxygen atoms in total. The predicted molar refractivity (Wildman–Crippen MR) is 155 cm³/mol. The Morgan fingerprint density at radius 2 is 1.21 bits per heavy atom. The molecule has 11 heteroatoms. The highest BCUT2D eigenvalue weighted by molar-refractivity contribution is 9.10. The second kappa shape index (κ2) is 12.6. The van der Waals surface area contributed by atoms with Crippen LogP contribution in [-0.2, 0) is 37.3 Å². The molecule has 0 fully saturated rings. The molecule has 4 aromatic carbocycles. The monoisotopic (exact) mass is 694 g/mol. The number of hydrogen-bond acceptors (Lipinski definition) is 7. The fourth-order valence-electron chi connectivity index (χ4n) is 3.77. The smallest absolute Gasteiger partial charge is 0.339 e. The zero-order valence-electron chi connectivity index (χ0n) is 20.7. The molecule has 0 aliphatic carbocycles. The maximum atomic E-state index is 13.2. The van der Waals surface area contributed by atoms with E-state index in [0.29, 0.717) is 11.3 Å². The van der Waals surface area contributed by atoms with Crippen molar-refractivity contribution in [2.45, 2.75) is 28.7 Å². The minimum absolute atomic E-state index is 0.00721. The van der Waals surface area contributed by atoms with Crippen LogP contribution in [0.25, 0.3) is 0 Å². The average molecular weight is 696 g/mol. The summed E-state index contributed by atoms with van der Waals surface area (Å²) in [5.41, 5.74) is 1.29. The lowest BCUT2D eigenvalue weighted by Crippen LogP contribution is -2.24. The number of rotatable bonds is 11. The topological polar surface area (TPSA) is 96.0 Å². The molecule has 1 unspecified atom stereocenters. The first-order valence-corrected chi connectivity index (χ1v) is 16.1. The van der Waals surface area contributed by atoms with E-state index in [9.17, 15) is 16.8 Å². The van der Waals surface area contributed by atoms with Crippen LogP contribution in [-0.4, -0.2) is 30.0 Å². The van der Waals surface area contributed by atoms with Gasteiger partial charge in [-0.1, -0.05) is 62.2 Å². The van der Waals surface area contributed by atoms with Crippen molar-refractivity contribution in [1.29, 1.82) is 0 Å². The Kier molecular flexibility index (Phi) is 9.50. The lowest BCUT2D eigenvalue weighted by Gasteiger charge is -2.20. The Labute approximate surface area is 245 Å². The van der Waals surface area contributed by atoms with Crippen LogP contribution in [0.15, 0.2) is 116 Å². The van der Waals surface area contributed by atoms with Gasteiger partial charge in [0.25, 0.3) is 10.1 Å². The summed E-state index contributed by atoms with van der Waals surface area (Å²) in [5, 5.41) is 0. The highest BCUT2D eigenvalue weighted by atomic mass is 79.9. The maximum absolute atomic E-state index is 13.2. The second-order valence-corrected chi connectivity index (χ2v) is 13.4. The Morgan fingerprint density at radius 1 is 0.667 bits per heavy atom. The molecule has 0 aliphatic rings. The third-order valence-corrected chi connectivity index (χ3v) is 9.39. The van der Waals surface area contributed by atoms with Gasteiger partial charge < -0.3 is 8.92 Å². The van der Waals surface area contributed by atoms with Crippen LogP contribution in [0.5, 0.6) is 11.5 Å². The fourth-order valence-corrected chi connectivity index (χ4v) is 6.34. The number of ether oxygens (including phenoxy) is 1. The summed E-state index contributed by atoms with van der Waals surface area (Å²) in [6.45, 7) is 0. The van der Waals surface area contributed by atoms with Crippen LogP contribution in [0.4, 0.5) is 0 Å². The quantitative estimate of drug-likeness (QED) is 0.164. The first-order chi connectivity index (χ1) is 18.6. The van der Waals surface area contributed by atoms with Crippen molar-refractivity contribution in [3.05, 3.63) is 117 Å². The van der Waals surface area contributed by atoms with Crippen molar-refractivity contribution in [2.24, 2.45) is 0 Å². The summed E-state index contributed by atoms with van der Waals surface area (Å²) in [7, 11) is -6.71. The van der Waals surface area contributed by atoms with E-state index in [1.807, 2.05) is 12.1 Å². The van der Waals surface area contributed by atoms with E-state index in [1.54, 1.807) is 61.7 Å². The molecule has 0 saturated heterocycles. The zero-order chi connectivity index (χ0) is 28.0. The van der Waals surface area contributed by atoms with Gasteiger partial charge in [0.15, 0.2) is 0 Å². The summed E-state index contributed by atoms with van der Waals surface area (Å²) in [6, 6.07) is 26.0. The van der Waals surface area contributed by atoms with Gasteiger partial charge in [-0.2, -0.15) is 16.8 Å². The Balaban J connectivity index is 1.64. The molecule has 39 heavy (non-hydrogen) atoms. The van der Waals surface area contributed by atoms with Gasteiger partial charge in [0.2, 0.25) is 0 Å². The molecule has 0 spiro atoms.